The van der Waals surface area contributed by atoms with E-state index in [1.54, 1.807) is 34.3 Å². The molecular formula is C28H36N6O5S. The lowest BCUT2D eigenvalue weighted by molar-refractivity contribution is -0.121. The number of rotatable bonds is 8. The average molecular weight is 569 g/mol. The van der Waals surface area contributed by atoms with Gasteiger partial charge in [-0.1, -0.05) is 12.5 Å². The first-order valence-corrected chi connectivity index (χ1v) is 15.7. The highest BCUT2D eigenvalue weighted by Gasteiger charge is 2.36. The van der Waals surface area contributed by atoms with Gasteiger partial charge in [-0.15, -0.1) is 0 Å². The van der Waals surface area contributed by atoms with E-state index in [4.69, 9.17) is 4.74 Å². The average Bonchev–Trinajstić information content (AvgIpc) is 3.48. The molecule has 214 valence electrons. The van der Waals surface area contributed by atoms with E-state index in [1.165, 1.54) is 17.0 Å². The Kier molecular flexibility index (Phi) is 6.96. The van der Waals surface area contributed by atoms with E-state index in [2.05, 4.69) is 9.89 Å². The molecule has 6 rings (SSSR count). The molecule has 1 unspecified atom stereocenters. The van der Waals surface area contributed by atoms with Gasteiger partial charge < -0.3 is 9.64 Å². The van der Waals surface area contributed by atoms with Crippen LogP contribution in [0.15, 0.2) is 40.4 Å². The molecule has 4 heterocycles. The zero-order chi connectivity index (χ0) is 28.2. The molecule has 4 aliphatic rings. The molecule has 3 aliphatic heterocycles. The number of allylic oxidation sites excluding steroid dienone is 2. The lowest BCUT2D eigenvalue weighted by Gasteiger charge is -2.33. The molecule has 1 saturated heterocycles. The number of imidazole rings is 1. The van der Waals surface area contributed by atoms with E-state index < -0.39 is 10.0 Å². The second kappa shape index (κ2) is 10.3. The Hall–Kier alpha value is -3.22. The van der Waals surface area contributed by atoms with Gasteiger partial charge >= 0.3 is 5.69 Å². The van der Waals surface area contributed by atoms with Gasteiger partial charge in [0.2, 0.25) is 10.0 Å². The third-order valence-electron chi connectivity index (χ3n) is 8.69. The number of ether oxygens (including phenoxy) is 1. The number of amides is 1. The molecule has 1 saturated carbocycles. The van der Waals surface area contributed by atoms with E-state index >= 15 is 0 Å². The number of fused-ring (bicyclic) bond motifs is 2. The first-order valence-electron chi connectivity index (χ1n) is 13.9. The van der Waals surface area contributed by atoms with Crippen LogP contribution < -0.4 is 10.4 Å². The summed E-state index contributed by atoms with van der Waals surface area (Å²) in [6.07, 6.45) is 10.2. The Morgan fingerprint density at radius 2 is 1.80 bits per heavy atom. The maximum atomic E-state index is 13.5. The number of aromatic nitrogens is 2. The number of carbonyl (C=O) groups is 1. The molecule has 0 spiro atoms. The molecule has 40 heavy (non-hydrogen) atoms. The zero-order valence-corrected chi connectivity index (χ0v) is 24.1. The number of carbonyl (C=O) groups excluding carboxylic acids is 1. The molecule has 1 aromatic heterocycles. The Labute approximate surface area is 234 Å². The SMILES string of the molecule is CN1C=C(c2ccc3c(c2OCC2CCC2)n(CCN2CCN(S(C)(=O)=O)CC2)c(=O)n3C)C2C=CN=C2C1=O. The van der Waals surface area contributed by atoms with E-state index in [-0.39, 0.29) is 17.5 Å². The largest absolute Gasteiger partial charge is 0.490 e. The van der Waals surface area contributed by atoms with Crippen molar-refractivity contribution in [1.82, 2.24) is 23.2 Å². The Bertz CT molecular complexity index is 1610. The van der Waals surface area contributed by atoms with Crippen molar-refractivity contribution in [2.24, 2.45) is 23.9 Å². The van der Waals surface area contributed by atoms with Crippen LogP contribution in [0, 0.1) is 11.8 Å². The minimum atomic E-state index is -3.21. The summed E-state index contributed by atoms with van der Waals surface area (Å²) in [5.74, 6) is 0.774. The summed E-state index contributed by atoms with van der Waals surface area (Å²) in [5.41, 5.74) is 3.68. The molecule has 1 aromatic carbocycles. The molecule has 0 bridgehead atoms. The topological polar surface area (TPSA) is 109 Å². The van der Waals surface area contributed by atoms with Gasteiger partial charge in [0.05, 0.1) is 24.3 Å². The number of hydrogen-bond acceptors (Lipinski definition) is 7. The highest BCUT2D eigenvalue weighted by molar-refractivity contribution is 7.88. The van der Waals surface area contributed by atoms with Crippen LogP contribution in [0.1, 0.15) is 24.8 Å². The van der Waals surface area contributed by atoms with Gasteiger partial charge in [0.1, 0.15) is 11.2 Å². The van der Waals surface area contributed by atoms with Gasteiger partial charge in [-0.05, 0) is 36.5 Å². The van der Waals surface area contributed by atoms with Crippen molar-refractivity contribution in [3.05, 3.63) is 46.7 Å². The number of benzene rings is 1. The van der Waals surface area contributed by atoms with Crippen LogP contribution in [0.5, 0.6) is 5.75 Å². The smallest absolute Gasteiger partial charge is 0.328 e. The fourth-order valence-electron chi connectivity index (χ4n) is 6.03. The fraction of sp³-hybridized carbons (Fsp3) is 0.536. The monoisotopic (exact) mass is 568 g/mol. The van der Waals surface area contributed by atoms with Gasteiger partial charge in [-0.25, -0.2) is 13.2 Å². The normalized spacial score (nSPS) is 22.4. The molecule has 2 fully saturated rings. The number of sulfonamides is 1. The summed E-state index contributed by atoms with van der Waals surface area (Å²) in [6, 6.07) is 3.95. The van der Waals surface area contributed by atoms with Crippen molar-refractivity contribution in [1.29, 1.82) is 0 Å². The number of hydrogen-bond donors (Lipinski definition) is 0. The molecule has 1 amide bonds. The van der Waals surface area contributed by atoms with E-state index in [1.807, 2.05) is 24.4 Å². The quantitative estimate of drug-likeness (QED) is 0.478. The minimum Gasteiger partial charge on any atom is -0.490 e. The lowest BCUT2D eigenvalue weighted by atomic mass is 9.85. The van der Waals surface area contributed by atoms with Crippen LogP contribution in [0.25, 0.3) is 16.6 Å². The summed E-state index contributed by atoms with van der Waals surface area (Å²) in [5, 5.41) is 0. The third-order valence-corrected chi connectivity index (χ3v) is 10.00. The fourth-order valence-corrected chi connectivity index (χ4v) is 6.85. The second-order valence-electron chi connectivity index (χ2n) is 11.2. The molecule has 0 radical (unpaired) electrons. The van der Waals surface area contributed by atoms with Gasteiger partial charge in [0.15, 0.2) is 5.75 Å². The summed E-state index contributed by atoms with van der Waals surface area (Å²) >= 11 is 0. The Balaban J connectivity index is 1.38. The van der Waals surface area contributed by atoms with Gasteiger partial charge in [-0.3, -0.25) is 23.8 Å². The number of nitrogens with zero attached hydrogens (tertiary/aromatic N) is 6. The number of piperazine rings is 1. The summed E-state index contributed by atoms with van der Waals surface area (Å²) in [7, 11) is 0.301. The molecule has 2 aromatic rings. The van der Waals surface area contributed by atoms with Gasteiger partial charge in [0.25, 0.3) is 5.91 Å². The van der Waals surface area contributed by atoms with Crippen molar-refractivity contribution < 1.29 is 17.9 Å². The third kappa shape index (κ3) is 4.71. The molecule has 1 aliphatic carbocycles. The summed E-state index contributed by atoms with van der Waals surface area (Å²) < 4.78 is 35.4. The maximum absolute atomic E-state index is 13.5. The predicted octanol–water partition coefficient (Wildman–Crippen LogP) is 1.49. The van der Waals surface area contributed by atoms with Crippen LogP contribution >= 0.6 is 0 Å². The van der Waals surface area contributed by atoms with Crippen molar-refractivity contribution in [3.63, 3.8) is 0 Å². The van der Waals surface area contributed by atoms with Crippen molar-refractivity contribution in [2.75, 3.05) is 52.6 Å². The molecule has 1 atom stereocenters. The zero-order valence-electron chi connectivity index (χ0n) is 23.2. The lowest BCUT2D eigenvalue weighted by Crippen LogP contribution is -2.49. The highest BCUT2D eigenvalue weighted by Crippen LogP contribution is 2.41. The Morgan fingerprint density at radius 1 is 1.05 bits per heavy atom. The van der Waals surface area contributed by atoms with E-state index in [9.17, 15) is 18.0 Å². The summed E-state index contributed by atoms with van der Waals surface area (Å²) in [6.45, 7) is 3.77. The van der Waals surface area contributed by atoms with Crippen LogP contribution in [-0.2, 0) is 28.4 Å². The Morgan fingerprint density at radius 3 is 2.48 bits per heavy atom. The molecular weight excluding hydrogens is 532 g/mol. The van der Waals surface area contributed by atoms with Crippen molar-refractivity contribution in [2.45, 2.75) is 25.8 Å². The van der Waals surface area contributed by atoms with Crippen LogP contribution in [-0.4, -0.2) is 95.9 Å². The van der Waals surface area contributed by atoms with E-state index in [0.29, 0.717) is 63.3 Å². The number of aliphatic imine (C=N–C) groups is 1. The first-order chi connectivity index (χ1) is 19.1. The van der Waals surface area contributed by atoms with E-state index in [0.717, 1.165) is 35.0 Å². The summed E-state index contributed by atoms with van der Waals surface area (Å²) in [4.78, 5) is 34.4. The standard InChI is InChI=1S/C28H36N6O5S/c1-30-17-22(20-9-10-29-24(20)27(30)35)21-7-8-23-25(26(21)39-18-19-5-4-6-19)34(28(36)31(23)2)16-13-32-11-14-33(15-12-32)40(3,37)38/h7-10,17,19-20H,4-6,11-16,18H2,1-3H3. The van der Waals surface area contributed by atoms with Crippen LogP contribution in [0.2, 0.25) is 0 Å². The van der Waals surface area contributed by atoms with Crippen molar-refractivity contribution in [3.8, 4) is 5.75 Å². The second-order valence-corrected chi connectivity index (χ2v) is 13.2. The number of aryl methyl sites for hydroxylation is 1. The van der Waals surface area contributed by atoms with Gasteiger partial charge in [0, 0.05) is 71.3 Å². The predicted molar refractivity (Wildman–Crippen MR) is 154 cm³/mol. The van der Waals surface area contributed by atoms with Crippen LogP contribution in [0.3, 0.4) is 0 Å². The molecule has 11 nitrogen and oxygen atoms in total. The maximum Gasteiger partial charge on any atom is 0.328 e. The highest BCUT2D eigenvalue weighted by atomic mass is 32.2. The molecule has 12 heteroatoms. The van der Waals surface area contributed by atoms with Crippen LogP contribution in [0.4, 0.5) is 0 Å². The van der Waals surface area contributed by atoms with Gasteiger partial charge in [-0.2, -0.15) is 4.31 Å². The van der Waals surface area contributed by atoms with Crippen molar-refractivity contribution >= 4 is 38.2 Å². The first kappa shape index (κ1) is 27.0. The minimum absolute atomic E-state index is 0.121. The molecule has 0 N–H and O–H groups in total.